The van der Waals surface area contributed by atoms with Gasteiger partial charge in [0.2, 0.25) is 5.91 Å². The van der Waals surface area contributed by atoms with Crippen LogP contribution in [-0.2, 0) is 11.3 Å². The van der Waals surface area contributed by atoms with E-state index in [0.717, 1.165) is 39.1 Å². The van der Waals surface area contributed by atoms with Gasteiger partial charge in [0.05, 0.1) is 0 Å². The molecule has 1 atom stereocenters. The van der Waals surface area contributed by atoms with Crippen molar-refractivity contribution in [1.82, 2.24) is 20.4 Å². The van der Waals surface area contributed by atoms with Crippen LogP contribution in [0.4, 0.5) is 4.79 Å². The summed E-state index contributed by atoms with van der Waals surface area (Å²) in [5.41, 5.74) is 2.58. The number of nitrogens with one attached hydrogen (secondary N) is 2. The molecule has 6 heteroatoms. The number of amides is 3. The number of aryl methyl sites for hydroxylation is 1. The van der Waals surface area contributed by atoms with E-state index in [4.69, 9.17) is 0 Å². The SMILES string of the molecule is Cc1ccc(CN2CCCN(C(=O)[C@H]3CNC(=O)N3)CC2)cc1. The molecule has 0 aromatic heterocycles. The van der Waals surface area contributed by atoms with Gasteiger partial charge in [-0.15, -0.1) is 0 Å². The number of hydrogen-bond donors (Lipinski definition) is 2. The van der Waals surface area contributed by atoms with E-state index in [9.17, 15) is 9.59 Å². The molecule has 2 fully saturated rings. The van der Waals surface area contributed by atoms with Gasteiger partial charge in [-0.05, 0) is 18.9 Å². The van der Waals surface area contributed by atoms with Crippen LogP contribution in [0.15, 0.2) is 24.3 Å². The summed E-state index contributed by atoms with van der Waals surface area (Å²) in [6, 6.07) is 7.95. The highest BCUT2D eigenvalue weighted by Gasteiger charge is 2.31. The van der Waals surface area contributed by atoms with Gasteiger partial charge in [-0.2, -0.15) is 0 Å². The molecule has 0 unspecified atom stereocenters. The van der Waals surface area contributed by atoms with E-state index in [-0.39, 0.29) is 11.9 Å². The molecule has 2 aliphatic heterocycles. The zero-order valence-corrected chi connectivity index (χ0v) is 13.5. The molecule has 2 saturated heterocycles. The maximum Gasteiger partial charge on any atom is 0.315 e. The minimum absolute atomic E-state index is 0.0283. The highest BCUT2D eigenvalue weighted by atomic mass is 16.2. The highest BCUT2D eigenvalue weighted by molar-refractivity contribution is 5.90. The number of urea groups is 1. The fourth-order valence-electron chi connectivity index (χ4n) is 3.13. The lowest BCUT2D eigenvalue weighted by atomic mass is 10.1. The van der Waals surface area contributed by atoms with Gasteiger partial charge in [-0.25, -0.2) is 4.79 Å². The van der Waals surface area contributed by atoms with Gasteiger partial charge in [0.1, 0.15) is 6.04 Å². The molecule has 2 heterocycles. The van der Waals surface area contributed by atoms with Crippen molar-refractivity contribution >= 4 is 11.9 Å². The average molecular weight is 316 g/mol. The Bertz CT molecular complexity index is 572. The van der Waals surface area contributed by atoms with Crippen molar-refractivity contribution in [3.05, 3.63) is 35.4 Å². The maximum atomic E-state index is 12.5. The minimum Gasteiger partial charge on any atom is -0.340 e. The first-order chi connectivity index (χ1) is 11.1. The largest absolute Gasteiger partial charge is 0.340 e. The van der Waals surface area contributed by atoms with E-state index in [1.54, 1.807) is 0 Å². The van der Waals surface area contributed by atoms with Crippen LogP contribution in [0.25, 0.3) is 0 Å². The lowest BCUT2D eigenvalue weighted by Gasteiger charge is -2.24. The van der Waals surface area contributed by atoms with Gasteiger partial charge in [0.15, 0.2) is 0 Å². The molecular formula is C17H24N4O2. The third kappa shape index (κ3) is 4.01. The zero-order valence-electron chi connectivity index (χ0n) is 13.5. The van der Waals surface area contributed by atoms with E-state index in [1.807, 2.05) is 4.90 Å². The van der Waals surface area contributed by atoms with Crippen molar-refractivity contribution in [2.24, 2.45) is 0 Å². The van der Waals surface area contributed by atoms with Crippen LogP contribution in [0.3, 0.4) is 0 Å². The van der Waals surface area contributed by atoms with Crippen molar-refractivity contribution in [1.29, 1.82) is 0 Å². The Balaban J connectivity index is 1.53. The topological polar surface area (TPSA) is 64.7 Å². The number of hydrogen-bond acceptors (Lipinski definition) is 3. The van der Waals surface area contributed by atoms with Crippen molar-refractivity contribution in [2.45, 2.75) is 25.9 Å². The van der Waals surface area contributed by atoms with Gasteiger partial charge >= 0.3 is 6.03 Å². The van der Waals surface area contributed by atoms with Crippen LogP contribution in [0.1, 0.15) is 17.5 Å². The summed E-state index contributed by atoms with van der Waals surface area (Å²) in [6.45, 7) is 6.74. The maximum absolute atomic E-state index is 12.5. The van der Waals surface area contributed by atoms with E-state index >= 15 is 0 Å². The third-order valence-electron chi connectivity index (χ3n) is 4.50. The van der Waals surface area contributed by atoms with Crippen molar-refractivity contribution in [2.75, 3.05) is 32.7 Å². The lowest BCUT2D eigenvalue weighted by molar-refractivity contribution is -0.132. The normalized spacial score (nSPS) is 22.4. The highest BCUT2D eigenvalue weighted by Crippen LogP contribution is 2.11. The standard InChI is InChI=1S/C17H24N4O2/c1-13-3-5-14(6-4-13)12-20-7-2-8-21(10-9-20)16(22)15-11-18-17(23)19-15/h3-6,15H,2,7-12H2,1H3,(H2,18,19,23)/t15-/m1/s1. The number of carbonyl (C=O) groups excluding carboxylic acids is 2. The first-order valence-corrected chi connectivity index (χ1v) is 8.23. The summed E-state index contributed by atoms with van der Waals surface area (Å²) < 4.78 is 0. The first-order valence-electron chi connectivity index (χ1n) is 8.23. The summed E-state index contributed by atoms with van der Waals surface area (Å²) in [5, 5.41) is 5.32. The van der Waals surface area contributed by atoms with Crippen LogP contribution in [0, 0.1) is 6.92 Å². The molecule has 0 saturated carbocycles. The fourth-order valence-corrected chi connectivity index (χ4v) is 3.13. The van der Waals surface area contributed by atoms with Gasteiger partial charge in [0, 0.05) is 39.3 Å². The summed E-state index contributed by atoms with van der Waals surface area (Å²) in [4.78, 5) is 27.9. The quantitative estimate of drug-likeness (QED) is 0.863. The van der Waals surface area contributed by atoms with Crippen LogP contribution in [0.2, 0.25) is 0 Å². The molecule has 0 spiro atoms. The summed E-state index contributed by atoms with van der Waals surface area (Å²) in [6.07, 6.45) is 0.964. The number of carbonyl (C=O) groups is 2. The van der Waals surface area contributed by atoms with Gasteiger partial charge < -0.3 is 15.5 Å². The van der Waals surface area contributed by atoms with Crippen LogP contribution in [-0.4, -0.2) is 60.5 Å². The van der Waals surface area contributed by atoms with E-state index < -0.39 is 6.04 Å². The molecule has 2 aliphatic rings. The monoisotopic (exact) mass is 316 g/mol. The molecule has 2 N–H and O–H groups in total. The van der Waals surface area contributed by atoms with Crippen LogP contribution >= 0.6 is 0 Å². The Hall–Kier alpha value is -2.08. The number of nitrogens with zero attached hydrogens (tertiary/aromatic N) is 2. The summed E-state index contributed by atoms with van der Waals surface area (Å²) >= 11 is 0. The molecule has 124 valence electrons. The van der Waals surface area contributed by atoms with Crippen molar-refractivity contribution < 1.29 is 9.59 Å². The predicted molar refractivity (Wildman–Crippen MR) is 88.0 cm³/mol. The van der Waals surface area contributed by atoms with E-state index in [2.05, 4.69) is 46.7 Å². The molecule has 0 aliphatic carbocycles. The molecule has 6 nitrogen and oxygen atoms in total. The molecule has 0 bridgehead atoms. The summed E-state index contributed by atoms with van der Waals surface area (Å²) in [7, 11) is 0. The van der Waals surface area contributed by atoms with Crippen LogP contribution < -0.4 is 10.6 Å². The molecular weight excluding hydrogens is 292 g/mol. The third-order valence-corrected chi connectivity index (χ3v) is 4.50. The predicted octanol–water partition coefficient (Wildman–Crippen LogP) is 0.711. The second kappa shape index (κ2) is 7.00. The molecule has 3 amide bonds. The molecule has 3 rings (SSSR count). The average Bonchev–Trinajstić information content (AvgIpc) is 2.84. The first kappa shape index (κ1) is 15.8. The molecule has 1 aromatic carbocycles. The van der Waals surface area contributed by atoms with Gasteiger partial charge in [-0.3, -0.25) is 9.69 Å². The van der Waals surface area contributed by atoms with E-state index in [0.29, 0.717) is 6.54 Å². The molecule has 23 heavy (non-hydrogen) atoms. The fraction of sp³-hybridized carbons (Fsp3) is 0.529. The Labute approximate surface area is 136 Å². The second-order valence-electron chi connectivity index (χ2n) is 6.35. The van der Waals surface area contributed by atoms with Crippen molar-refractivity contribution in [3.8, 4) is 0 Å². The number of rotatable bonds is 3. The van der Waals surface area contributed by atoms with E-state index in [1.165, 1.54) is 11.1 Å². The van der Waals surface area contributed by atoms with Crippen LogP contribution in [0.5, 0.6) is 0 Å². The Morgan fingerprint density at radius 2 is 1.96 bits per heavy atom. The van der Waals surface area contributed by atoms with Gasteiger partial charge in [0.25, 0.3) is 0 Å². The minimum atomic E-state index is -0.411. The lowest BCUT2D eigenvalue weighted by Crippen LogP contribution is -2.46. The zero-order chi connectivity index (χ0) is 16.2. The summed E-state index contributed by atoms with van der Waals surface area (Å²) in [5.74, 6) is 0.0283. The molecule has 1 aromatic rings. The Kier molecular flexibility index (Phi) is 4.81. The molecule has 0 radical (unpaired) electrons. The number of benzene rings is 1. The smallest absolute Gasteiger partial charge is 0.315 e. The van der Waals surface area contributed by atoms with Crippen molar-refractivity contribution in [3.63, 3.8) is 0 Å². The Morgan fingerprint density at radius 1 is 1.17 bits per heavy atom. The Morgan fingerprint density at radius 3 is 2.65 bits per heavy atom. The van der Waals surface area contributed by atoms with Gasteiger partial charge in [-0.1, -0.05) is 29.8 Å². The second-order valence-corrected chi connectivity index (χ2v) is 6.35.